The Bertz CT molecular complexity index is 922. The highest BCUT2D eigenvalue weighted by atomic mass is 15.0. The molecule has 0 aliphatic carbocycles. The van der Waals surface area contributed by atoms with Gasteiger partial charge in [0.05, 0.1) is 5.69 Å². The van der Waals surface area contributed by atoms with Crippen LogP contribution in [-0.2, 0) is 7.05 Å². The number of hydrogen-bond donors (Lipinski definition) is 0. The third-order valence-electron chi connectivity index (χ3n) is 4.04. The average Bonchev–Trinajstić information content (AvgIpc) is 2.93. The molecular formula is C20H16N2. The predicted octanol–water partition coefficient (Wildman–Crippen LogP) is 4.91. The molecule has 4 aromatic rings. The van der Waals surface area contributed by atoms with Crippen LogP contribution in [0, 0.1) is 0 Å². The van der Waals surface area contributed by atoms with Gasteiger partial charge in [-0.3, -0.25) is 0 Å². The number of hydrogen-bond acceptors (Lipinski definition) is 1. The van der Waals surface area contributed by atoms with Crippen molar-refractivity contribution >= 4 is 11.0 Å². The number of fused-ring (bicyclic) bond motifs is 1. The van der Waals surface area contributed by atoms with Crippen molar-refractivity contribution in [3.63, 3.8) is 0 Å². The monoisotopic (exact) mass is 284 g/mol. The van der Waals surface area contributed by atoms with Crippen molar-refractivity contribution in [1.82, 2.24) is 9.55 Å². The minimum Gasteiger partial charge on any atom is -0.328 e. The minimum atomic E-state index is 1.01. The number of benzene rings is 2. The van der Waals surface area contributed by atoms with E-state index in [1.54, 1.807) is 0 Å². The molecule has 2 nitrogen and oxygen atoms in total. The third kappa shape index (κ3) is 2.09. The van der Waals surface area contributed by atoms with Gasteiger partial charge in [0.1, 0.15) is 5.65 Å². The Balaban J connectivity index is 1.88. The van der Waals surface area contributed by atoms with Crippen LogP contribution in [0.4, 0.5) is 0 Å². The van der Waals surface area contributed by atoms with E-state index in [2.05, 4.69) is 77.3 Å². The Morgan fingerprint density at radius 3 is 2.05 bits per heavy atom. The van der Waals surface area contributed by atoms with Crippen molar-refractivity contribution < 1.29 is 0 Å². The molecule has 0 unspecified atom stereocenters. The molecule has 0 aliphatic rings. The van der Waals surface area contributed by atoms with Crippen LogP contribution < -0.4 is 0 Å². The highest BCUT2D eigenvalue weighted by Crippen LogP contribution is 2.29. The maximum Gasteiger partial charge on any atom is 0.140 e. The topological polar surface area (TPSA) is 17.8 Å². The van der Waals surface area contributed by atoms with Crippen LogP contribution >= 0.6 is 0 Å². The molecule has 22 heavy (non-hydrogen) atoms. The average molecular weight is 284 g/mol. The van der Waals surface area contributed by atoms with Crippen LogP contribution in [-0.4, -0.2) is 9.55 Å². The molecule has 0 spiro atoms. The smallest absolute Gasteiger partial charge is 0.140 e. The van der Waals surface area contributed by atoms with Crippen LogP contribution in [0.5, 0.6) is 0 Å². The van der Waals surface area contributed by atoms with Crippen molar-refractivity contribution in [3.05, 3.63) is 79.0 Å². The van der Waals surface area contributed by atoms with E-state index in [0.717, 1.165) is 11.2 Å². The Hall–Kier alpha value is -2.87. The fourth-order valence-corrected chi connectivity index (χ4v) is 2.89. The third-order valence-corrected chi connectivity index (χ3v) is 4.04. The van der Waals surface area contributed by atoms with E-state index in [0.29, 0.717) is 0 Å². The standard InChI is InChI=1S/C20H16N2/c1-22-19(16-10-6-3-7-11-16)13-17-12-18(14-21-20(17)22)15-8-4-2-5-9-15/h2-14H,1H3. The Kier molecular flexibility index (Phi) is 3.01. The largest absolute Gasteiger partial charge is 0.328 e. The van der Waals surface area contributed by atoms with Crippen LogP contribution in [0.25, 0.3) is 33.4 Å². The molecule has 0 radical (unpaired) electrons. The zero-order valence-electron chi connectivity index (χ0n) is 12.4. The lowest BCUT2D eigenvalue weighted by atomic mass is 10.1. The van der Waals surface area contributed by atoms with Gasteiger partial charge in [-0.1, -0.05) is 60.7 Å². The molecule has 0 N–H and O–H groups in total. The maximum atomic E-state index is 4.67. The molecule has 0 saturated heterocycles. The van der Waals surface area contributed by atoms with Gasteiger partial charge in [0.15, 0.2) is 0 Å². The molecule has 2 heterocycles. The van der Waals surface area contributed by atoms with Crippen molar-refractivity contribution in [3.8, 4) is 22.4 Å². The summed E-state index contributed by atoms with van der Waals surface area (Å²) in [6, 6.07) is 25.2. The van der Waals surface area contributed by atoms with Gasteiger partial charge in [-0.15, -0.1) is 0 Å². The van der Waals surface area contributed by atoms with E-state index in [1.165, 1.54) is 22.2 Å². The first-order valence-electron chi connectivity index (χ1n) is 7.39. The van der Waals surface area contributed by atoms with E-state index in [9.17, 15) is 0 Å². The molecule has 106 valence electrons. The second kappa shape index (κ2) is 5.15. The quantitative estimate of drug-likeness (QED) is 0.511. The summed E-state index contributed by atoms with van der Waals surface area (Å²) in [4.78, 5) is 4.67. The fourth-order valence-electron chi connectivity index (χ4n) is 2.89. The summed E-state index contributed by atoms with van der Waals surface area (Å²) in [7, 11) is 2.07. The zero-order chi connectivity index (χ0) is 14.9. The van der Waals surface area contributed by atoms with E-state index in [-0.39, 0.29) is 0 Å². The number of pyridine rings is 1. The second-order valence-corrected chi connectivity index (χ2v) is 5.46. The Morgan fingerprint density at radius 1 is 0.727 bits per heavy atom. The summed E-state index contributed by atoms with van der Waals surface area (Å²) < 4.78 is 2.15. The minimum absolute atomic E-state index is 1.01. The number of aryl methyl sites for hydroxylation is 1. The first kappa shape index (κ1) is 12.8. The molecule has 0 saturated carbocycles. The van der Waals surface area contributed by atoms with Gasteiger partial charge in [0.2, 0.25) is 0 Å². The molecule has 2 heteroatoms. The summed E-state index contributed by atoms with van der Waals surface area (Å²) in [5.41, 5.74) is 5.76. The Morgan fingerprint density at radius 2 is 1.36 bits per heavy atom. The van der Waals surface area contributed by atoms with Crippen molar-refractivity contribution in [2.24, 2.45) is 7.05 Å². The molecule has 2 aromatic carbocycles. The van der Waals surface area contributed by atoms with E-state index >= 15 is 0 Å². The maximum absolute atomic E-state index is 4.67. The van der Waals surface area contributed by atoms with Gasteiger partial charge in [0, 0.05) is 24.2 Å². The lowest BCUT2D eigenvalue weighted by Gasteiger charge is -2.04. The van der Waals surface area contributed by atoms with Crippen LogP contribution in [0.3, 0.4) is 0 Å². The number of nitrogens with zero attached hydrogens (tertiary/aromatic N) is 2. The van der Waals surface area contributed by atoms with Crippen LogP contribution in [0.2, 0.25) is 0 Å². The summed E-state index contributed by atoms with van der Waals surface area (Å²) in [5, 5.41) is 1.17. The highest BCUT2D eigenvalue weighted by Gasteiger charge is 2.09. The summed E-state index contributed by atoms with van der Waals surface area (Å²) in [6.07, 6.45) is 1.95. The van der Waals surface area contributed by atoms with Gasteiger partial charge in [-0.2, -0.15) is 0 Å². The van der Waals surface area contributed by atoms with Gasteiger partial charge in [-0.25, -0.2) is 4.98 Å². The second-order valence-electron chi connectivity index (χ2n) is 5.46. The van der Waals surface area contributed by atoms with E-state index < -0.39 is 0 Å². The van der Waals surface area contributed by atoms with Gasteiger partial charge in [0.25, 0.3) is 0 Å². The van der Waals surface area contributed by atoms with Gasteiger partial charge < -0.3 is 4.57 Å². The number of aromatic nitrogens is 2. The zero-order valence-corrected chi connectivity index (χ0v) is 12.4. The molecule has 4 rings (SSSR count). The molecule has 0 bridgehead atoms. The highest BCUT2D eigenvalue weighted by molar-refractivity contribution is 5.87. The van der Waals surface area contributed by atoms with Crippen molar-refractivity contribution in [1.29, 1.82) is 0 Å². The first-order chi connectivity index (χ1) is 10.8. The lowest BCUT2D eigenvalue weighted by molar-refractivity contribution is 0.957. The Labute approximate surface area is 129 Å². The molecule has 0 fully saturated rings. The van der Waals surface area contributed by atoms with E-state index in [1.807, 2.05) is 18.3 Å². The first-order valence-corrected chi connectivity index (χ1v) is 7.39. The summed E-state index contributed by atoms with van der Waals surface area (Å²) >= 11 is 0. The normalized spacial score (nSPS) is 11.0. The van der Waals surface area contributed by atoms with Crippen molar-refractivity contribution in [2.45, 2.75) is 0 Å². The molecule has 0 amide bonds. The van der Waals surface area contributed by atoms with Gasteiger partial charge >= 0.3 is 0 Å². The van der Waals surface area contributed by atoms with Crippen LogP contribution in [0.15, 0.2) is 79.0 Å². The molecule has 0 atom stereocenters. The fraction of sp³-hybridized carbons (Fsp3) is 0.0500. The molecule has 0 aliphatic heterocycles. The van der Waals surface area contributed by atoms with Gasteiger partial charge in [-0.05, 0) is 23.3 Å². The molecular weight excluding hydrogens is 268 g/mol. The van der Waals surface area contributed by atoms with Crippen LogP contribution in [0.1, 0.15) is 0 Å². The SMILES string of the molecule is Cn1c(-c2ccccc2)cc2cc(-c3ccccc3)cnc21. The summed E-state index contributed by atoms with van der Waals surface area (Å²) in [5.74, 6) is 0. The van der Waals surface area contributed by atoms with E-state index in [4.69, 9.17) is 0 Å². The number of rotatable bonds is 2. The lowest BCUT2D eigenvalue weighted by Crippen LogP contribution is -1.92. The predicted molar refractivity (Wildman–Crippen MR) is 91.6 cm³/mol. The summed E-state index contributed by atoms with van der Waals surface area (Å²) in [6.45, 7) is 0. The molecule has 2 aromatic heterocycles. The van der Waals surface area contributed by atoms with Crippen molar-refractivity contribution in [2.75, 3.05) is 0 Å².